The zero-order valence-electron chi connectivity index (χ0n) is 12.7. The molecular weight excluding hydrogens is 282 g/mol. The summed E-state index contributed by atoms with van der Waals surface area (Å²) < 4.78 is 1.98. The molecule has 23 heavy (non-hydrogen) atoms. The summed E-state index contributed by atoms with van der Waals surface area (Å²) in [6.45, 7) is 3.88. The molecule has 0 N–H and O–H groups in total. The van der Waals surface area contributed by atoms with Crippen LogP contribution in [0.15, 0.2) is 85.5 Å². The van der Waals surface area contributed by atoms with E-state index in [1.165, 1.54) is 0 Å². The number of hydrogen-bond donors (Lipinski definition) is 0. The third kappa shape index (κ3) is 3.22. The van der Waals surface area contributed by atoms with Crippen molar-refractivity contribution in [1.82, 2.24) is 4.57 Å². The van der Waals surface area contributed by atoms with Crippen molar-refractivity contribution >= 4 is 18.1 Å². The van der Waals surface area contributed by atoms with Crippen molar-refractivity contribution in [1.29, 1.82) is 0 Å². The minimum atomic E-state index is -0.0105. The van der Waals surface area contributed by atoms with Gasteiger partial charge in [-0.1, -0.05) is 67.2 Å². The summed E-state index contributed by atoms with van der Waals surface area (Å²) in [6.07, 6.45) is 5.18. The number of nitrogens with zero attached hydrogens (tertiary/aromatic N) is 1. The zero-order valence-corrected chi connectivity index (χ0v) is 12.7. The maximum atomic E-state index is 12.2. The standard InChI is InChI=1S/C21H17NO/c1-2-22-19(13-15-20(22)17-9-5-3-6-10-17)14-16-21(23)18-11-7-4-8-12-18/h2-16H,1H2. The van der Waals surface area contributed by atoms with Crippen molar-refractivity contribution in [2.75, 3.05) is 0 Å². The molecule has 0 fully saturated rings. The van der Waals surface area contributed by atoms with Crippen molar-refractivity contribution in [3.8, 4) is 11.3 Å². The van der Waals surface area contributed by atoms with Crippen LogP contribution in [-0.4, -0.2) is 10.4 Å². The first kappa shape index (κ1) is 14.8. The third-order valence-electron chi connectivity index (χ3n) is 3.67. The number of rotatable bonds is 5. The second-order valence-corrected chi connectivity index (χ2v) is 5.13. The highest BCUT2D eigenvalue weighted by Crippen LogP contribution is 2.23. The van der Waals surface area contributed by atoms with Crippen LogP contribution in [-0.2, 0) is 0 Å². The van der Waals surface area contributed by atoms with E-state index in [1.54, 1.807) is 12.3 Å². The fourth-order valence-electron chi connectivity index (χ4n) is 2.51. The van der Waals surface area contributed by atoms with Crippen molar-refractivity contribution in [3.05, 3.63) is 96.7 Å². The summed E-state index contributed by atoms with van der Waals surface area (Å²) >= 11 is 0. The molecule has 1 aromatic heterocycles. The van der Waals surface area contributed by atoms with Gasteiger partial charge < -0.3 is 4.57 Å². The predicted molar refractivity (Wildman–Crippen MR) is 96.1 cm³/mol. The summed E-state index contributed by atoms with van der Waals surface area (Å²) in [5.74, 6) is -0.0105. The minimum Gasteiger partial charge on any atom is -0.317 e. The Bertz CT molecular complexity index is 842. The van der Waals surface area contributed by atoms with Gasteiger partial charge >= 0.3 is 0 Å². The molecule has 0 amide bonds. The van der Waals surface area contributed by atoms with Gasteiger partial charge in [0, 0.05) is 17.5 Å². The molecule has 0 saturated heterocycles. The highest BCUT2D eigenvalue weighted by atomic mass is 16.1. The van der Waals surface area contributed by atoms with E-state index in [2.05, 4.69) is 18.7 Å². The number of hydrogen-bond acceptors (Lipinski definition) is 1. The molecule has 0 atom stereocenters. The molecule has 1 heterocycles. The van der Waals surface area contributed by atoms with Gasteiger partial charge in [-0.15, -0.1) is 0 Å². The lowest BCUT2D eigenvalue weighted by Gasteiger charge is -2.06. The number of ketones is 1. The fraction of sp³-hybridized carbons (Fsp3) is 0. The van der Waals surface area contributed by atoms with Crippen LogP contribution < -0.4 is 0 Å². The van der Waals surface area contributed by atoms with Gasteiger partial charge in [-0.25, -0.2) is 0 Å². The van der Waals surface area contributed by atoms with Gasteiger partial charge in [0.1, 0.15) is 0 Å². The van der Waals surface area contributed by atoms with E-state index in [4.69, 9.17) is 0 Å². The Labute approximate surface area is 136 Å². The summed E-state index contributed by atoms with van der Waals surface area (Å²) in [4.78, 5) is 12.2. The molecule has 112 valence electrons. The molecule has 0 bridgehead atoms. The molecule has 0 saturated carbocycles. The van der Waals surface area contributed by atoms with Gasteiger partial charge in [0.2, 0.25) is 0 Å². The molecule has 0 aliphatic carbocycles. The van der Waals surface area contributed by atoms with Crippen LogP contribution >= 0.6 is 0 Å². The van der Waals surface area contributed by atoms with Crippen LogP contribution in [0.2, 0.25) is 0 Å². The lowest BCUT2D eigenvalue weighted by atomic mass is 10.1. The van der Waals surface area contributed by atoms with Gasteiger partial charge in [-0.3, -0.25) is 4.79 Å². The smallest absolute Gasteiger partial charge is 0.185 e. The summed E-state index contributed by atoms with van der Waals surface area (Å²) in [5.41, 5.74) is 3.76. The third-order valence-corrected chi connectivity index (χ3v) is 3.67. The van der Waals surface area contributed by atoms with Crippen LogP contribution in [0.25, 0.3) is 23.5 Å². The second kappa shape index (κ2) is 6.75. The van der Waals surface area contributed by atoms with E-state index >= 15 is 0 Å². The summed E-state index contributed by atoms with van der Waals surface area (Å²) in [5, 5.41) is 0. The average molecular weight is 299 g/mol. The van der Waals surface area contributed by atoms with Crippen LogP contribution in [0.3, 0.4) is 0 Å². The van der Waals surface area contributed by atoms with E-state index < -0.39 is 0 Å². The normalized spacial score (nSPS) is 10.8. The lowest BCUT2D eigenvalue weighted by molar-refractivity contribution is 0.104. The Morgan fingerprint density at radius 2 is 1.52 bits per heavy atom. The van der Waals surface area contributed by atoms with Crippen molar-refractivity contribution in [2.24, 2.45) is 0 Å². The minimum absolute atomic E-state index is 0.0105. The first-order chi connectivity index (χ1) is 11.3. The van der Waals surface area contributed by atoms with E-state index in [0.29, 0.717) is 5.56 Å². The van der Waals surface area contributed by atoms with Crippen LogP contribution in [0.5, 0.6) is 0 Å². The van der Waals surface area contributed by atoms with Gasteiger partial charge in [0.15, 0.2) is 5.78 Å². The van der Waals surface area contributed by atoms with Gasteiger partial charge in [0.25, 0.3) is 0 Å². The van der Waals surface area contributed by atoms with Crippen LogP contribution in [0.4, 0.5) is 0 Å². The average Bonchev–Trinajstić information content (AvgIpc) is 3.04. The molecule has 0 aliphatic heterocycles. The highest BCUT2D eigenvalue weighted by molar-refractivity contribution is 6.06. The molecule has 2 heteroatoms. The largest absolute Gasteiger partial charge is 0.317 e. The van der Waals surface area contributed by atoms with Gasteiger partial charge in [-0.05, 0) is 29.8 Å². The first-order valence-electron chi connectivity index (χ1n) is 7.46. The number of benzene rings is 2. The van der Waals surface area contributed by atoms with E-state index in [-0.39, 0.29) is 5.78 Å². The molecule has 2 nitrogen and oxygen atoms in total. The first-order valence-corrected chi connectivity index (χ1v) is 7.46. The van der Waals surface area contributed by atoms with Gasteiger partial charge in [-0.2, -0.15) is 0 Å². The Morgan fingerprint density at radius 3 is 2.17 bits per heavy atom. The van der Waals surface area contributed by atoms with E-state index in [0.717, 1.165) is 17.0 Å². The maximum Gasteiger partial charge on any atom is 0.185 e. The van der Waals surface area contributed by atoms with E-state index in [9.17, 15) is 4.79 Å². The Balaban J connectivity index is 1.90. The highest BCUT2D eigenvalue weighted by Gasteiger charge is 2.06. The van der Waals surface area contributed by atoms with Crippen LogP contribution in [0.1, 0.15) is 16.1 Å². The fourth-order valence-corrected chi connectivity index (χ4v) is 2.51. The molecule has 0 unspecified atom stereocenters. The number of carbonyl (C=O) groups excluding carboxylic acids is 1. The molecule has 0 aliphatic rings. The van der Waals surface area contributed by atoms with Crippen molar-refractivity contribution in [2.45, 2.75) is 0 Å². The van der Waals surface area contributed by atoms with Crippen molar-refractivity contribution < 1.29 is 4.79 Å². The molecule has 0 radical (unpaired) electrons. The Morgan fingerprint density at radius 1 is 0.870 bits per heavy atom. The predicted octanol–water partition coefficient (Wildman–Crippen LogP) is 5.15. The topological polar surface area (TPSA) is 22.0 Å². The second-order valence-electron chi connectivity index (χ2n) is 5.13. The monoisotopic (exact) mass is 299 g/mol. The molecule has 2 aromatic carbocycles. The Hall–Kier alpha value is -3.13. The quantitative estimate of drug-likeness (QED) is 0.471. The Kier molecular flexibility index (Phi) is 4.34. The number of carbonyl (C=O) groups is 1. The molecular formula is C21H17NO. The molecule has 0 spiro atoms. The van der Waals surface area contributed by atoms with Gasteiger partial charge in [0.05, 0.1) is 5.69 Å². The zero-order chi connectivity index (χ0) is 16.1. The van der Waals surface area contributed by atoms with Crippen molar-refractivity contribution in [3.63, 3.8) is 0 Å². The SMILES string of the molecule is C=Cn1c(C=CC(=O)c2ccccc2)ccc1-c1ccccc1. The molecule has 3 aromatic rings. The maximum absolute atomic E-state index is 12.2. The summed E-state index contributed by atoms with van der Waals surface area (Å²) in [7, 11) is 0. The number of aromatic nitrogens is 1. The van der Waals surface area contributed by atoms with Crippen LogP contribution in [0, 0.1) is 0 Å². The number of allylic oxidation sites excluding steroid dienone is 1. The molecule has 3 rings (SSSR count). The van der Waals surface area contributed by atoms with E-state index in [1.807, 2.05) is 71.3 Å². The lowest BCUT2D eigenvalue weighted by Crippen LogP contribution is -1.95. The summed E-state index contributed by atoms with van der Waals surface area (Å²) in [6, 6.07) is 23.4.